The first-order valence-corrected chi connectivity index (χ1v) is 8.75. The maximum atomic E-state index is 5.74. The third-order valence-corrected chi connectivity index (χ3v) is 6.15. The molecule has 0 fully saturated rings. The van der Waals surface area contributed by atoms with Gasteiger partial charge in [-0.3, -0.25) is 11.3 Å². The number of thiophene rings is 1. The minimum absolute atomic E-state index is 0.199. The number of nitrogens with one attached hydrogen (secondary N) is 1. The van der Waals surface area contributed by atoms with Crippen molar-refractivity contribution in [2.45, 2.75) is 32.2 Å². The van der Waals surface area contributed by atoms with Crippen LogP contribution in [0.25, 0.3) is 0 Å². The van der Waals surface area contributed by atoms with E-state index in [9.17, 15) is 0 Å². The van der Waals surface area contributed by atoms with Crippen LogP contribution >= 0.6 is 27.3 Å². The number of hydrazine groups is 1. The van der Waals surface area contributed by atoms with Gasteiger partial charge in [0.1, 0.15) is 5.75 Å². The highest BCUT2D eigenvalue weighted by molar-refractivity contribution is 9.11. The maximum absolute atomic E-state index is 5.74. The number of rotatable bonds is 5. The first kappa shape index (κ1) is 15.0. The van der Waals surface area contributed by atoms with Gasteiger partial charge in [-0.05, 0) is 64.5 Å². The van der Waals surface area contributed by atoms with Crippen molar-refractivity contribution in [2.75, 3.05) is 6.61 Å². The Bertz CT molecular complexity index is 622. The monoisotopic (exact) mass is 366 g/mol. The maximum Gasteiger partial charge on any atom is 0.122 e. The molecule has 1 aliphatic rings. The topological polar surface area (TPSA) is 47.3 Å². The summed E-state index contributed by atoms with van der Waals surface area (Å²) < 4.78 is 6.74. The molecule has 0 spiro atoms. The van der Waals surface area contributed by atoms with Gasteiger partial charge in [-0.15, -0.1) is 11.3 Å². The van der Waals surface area contributed by atoms with Crippen LogP contribution in [-0.2, 0) is 12.8 Å². The zero-order valence-electron chi connectivity index (χ0n) is 12.0. The van der Waals surface area contributed by atoms with Crippen molar-refractivity contribution in [3.63, 3.8) is 0 Å². The highest BCUT2D eigenvalue weighted by Gasteiger charge is 2.16. The third-order valence-electron chi connectivity index (χ3n) is 3.90. The van der Waals surface area contributed by atoms with Crippen LogP contribution in [0, 0.1) is 6.92 Å². The second kappa shape index (κ2) is 6.48. The number of halogens is 1. The SMILES string of the molecule is Cc1cc(C(CCc2ccc3c(c2)CCO3)NN)sc1Br. The number of hydrogen-bond acceptors (Lipinski definition) is 4. The Labute approximate surface area is 137 Å². The normalized spacial score (nSPS) is 14.8. The number of ether oxygens (including phenoxy) is 1. The summed E-state index contributed by atoms with van der Waals surface area (Å²) in [6, 6.07) is 8.92. The second-order valence-corrected chi connectivity index (χ2v) is 7.81. The molecule has 112 valence electrons. The molecule has 0 aliphatic carbocycles. The predicted octanol–water partition coefficient (Wildman–Crippen LogP) is 3.89. The molecule has 0 radical (unpaired) electrons. The highest BCUT2D eigenvalue weighted by Crippen LogP contribution is 2.33. The number of nitrogens with two attached hydrogens (primary N) is 1. The number of hydrogen-bond donors (Lipinski definition) is 2. The average molecular weight is 367 g/mol. The van der Waals surface area contributed by atoms with Crippen LogP contribution in [0.3, 0.4) is 0 Å². The van der Waals surface area contributed by atoms with Crippen molar-refractivity contribution >= 4 is 27.3 Å². The molecule has 2 heterocycles. The van der Waals surface area contributed by atoms with Crippen molar-refractivity contribution in [2.24, 2.45) is 5.84 Å². The van der Waals surface area contributed by atoms with E-state index < -0.39 is 0 Å². The molecule has 1 atom stereocenters. The van der Waals surface area contributed by atoms with E-state index in [1.807, 2.05) is 0 Å². The fourth-order valence-corrected chi connectivity index (χ4v) is 4.34. The van der Waals surface area contributed by atoms with E-state index in [-0.39, 0.29) is 6.04 Å². The van der Waals surface area contributed by atoms with Crippen LogP contribution in [-0.4, -0.2) is 6.61 Å². The number of fused-ring (bicyclic) bond motifs is 1. The lowest BCUT2D eigenvalue weighted by Gasteiger charge is -2.14. The van der Waals surface area contributed by atoms with Crippen molar-refractivity contribution in [3.05, 3.63) is 49.6 Å². The molecule has 0 amide bonds. The quantitative estimate of drug-likeness (QED) is 0.623. The smallest absolute Gasteiger partial charge is 0.122 e. The van der Waals surface area contributed by atoms with Crippen LogP contribution in [0.2, 0.25) is 0 Å². The van der Waals surface area contributed by atoms with Crippen molar-refractivity contribution < 1.29 is 4.74 Å². The minimum atomic E-state index is 0.199. The van der Waals surface area contributed by atoms with E-state index in [4.69, 9.17) is 10.6 Å². The average Bonchev–Trinajstić information content (AvgIpc) is 3.06. The Hall–Kier alpha value is -0.880. The van der Waals surface area contributed by atoms with Crippen LogP contribution < -0.4 is 16.0 Å². The van der Waals surface area contributed by atoms with Gasteiger partial charge < -0.3 is 4.74 Å². The van der Waals surface area contributed by atoms with Gasteiger partial charge in [0.2, 0.25) is 0 Å². The lowest BCUT2D eigenvalue weighted by Crippen LogP contribution is -2.27. The Morgan fingerprint density at radius 1 is 1.43 bits per heavy atom. The second-order valence-electron chi connectivity index (χ2n) is 5.40. The molecule has 1 aromatic heterocycles. The largest absolute Gasteiger partial charge is 0.493 e. The van der Waals surface area contributed by atoms with E-state index >= 15 is 0 Å². The lowest BCUT2D eigenvalue weighted by molar-refractivity contribution is 0.357. The summed E-state index contributed by atoms with van der Waals surface area (Å²) in [6.45, 7) is 2.92. The highest BCUT2D eigenvalue weighted by atomic mass is 79.9. The standard InChI is InChI=1S/C16H19BrN2OS/c1-10-8-15(21-16(10)17)13(19-18)4-2-11-3-5-14-12(9-11)6-7-20-14/h3,5,8-9,13,19H,2,4,6-7,18H2,1H3. The molecule has 1 aliphatic heterocycles. The molecule has 21 heavy (non-hydrogen) atoms. The van der Waals surface area contributed by atoms with Crippen LogP contribution in [0.15, 0.2) is 28.1 Å². The Balaban J connectivity index is 1.67. The molecule has 1 unspecified atom stereocenters. The summed E-state index contributed by atoms with van der Waals surface area (Å²) in [6.07, 6.45) is 3.03. The van der Waals surface area contributed by atoms with E-state index in [1.165, 1.54) is 25.4 Å². The number of benzene rings is 1. The molecule has 0 bridgehead atoms. The molecule has 1 aromatic carbocycles. The van der Waals surface area contributed by atoms with Gasteiger partial charge in [0.15, 0.2) is 0 Å². The summed E-state index contributed by atoms with van der Waals surface area (Å²) in [5, 5.41) is 0. The van der Waals surface area contributed by atoms with Gasteiger partial charge in [-0.2, -0.15) is 0 Å². The Morgan fingerprint density at radius 2 is 2.29 bits per heavy atom. The van der Waals surface area contributed by atoms with Gasteiger partial charge in [-0.1, -0.05) is 12.1 Å². The van der Waals surface area contributed by atoms with Gasteiger partial charge >= 0.3 is 0 Å². The van der Waals surface area contributed by atoms with E-state index in [2.05, 4.69) is 52.5 Å². The summed E-state index contributed by atoms with van der Waals surface area (Å²) in [5.74, 6) is 6.79. The van der Waals surface area contributed by atoms with Gasteiger partial charge in [0.25, 0.3) is 0 Å². The molecule has 2 aromatic rings. The number of aryl methyl sites for hydroxylation is 2. The molecule has 3 rings (SSSR count). The van der Waals surface area contributed by atoms with Crippen molar-refractivity contribution in [1.82, 2.24) is 5.43 Å². The summed E-state index contributed by atoms with van der Waals surface area (Å²) >= 11 is 5.34. The molecule has 0 saturated heterocycles. The lowest BCUT2D eigenvalue weighted by atomic mass is 10.0. The summed E-state index contributed by atoms with van der Waals surface area (Å²) in [5.41, 5.74) is 6.90. The summed E-state index contributed by atoms with van der Waals surface area (Å²) in [7, 11) is 0. The van der Waals surface area contributed by atoms with Crippen molar-refractivity contribution in [3.8, 4) is 5.75 Å². The van der Waals surface area contributed by atoms with E-state index in [1.54, 1.807) is 11.3 Å². The fraction of sp³-hybridized carbons (Fsp3) is 0.375. The molecule has 3 N–H and O–H groups in total. The zero-order valence-corrected chi connectivity index (χ0v) is 14.4. The Kier molecular flexibility index (Phi) is 4.64. The molecule has 0 saturated carbocycles. The molecule has 3 nitrogen and oxygen atoms in total. The fourth-order valence-electron chi connectivity index (χ4n) is 2.67. The van der Waals surface area contributed by atoms with E-state index in [0.717, 1.165) is 31.6 Å². The van der Waals surface area contributed by atoms with Gasteiger partial charge in [0.05, 0.1) is 16.4 Å². The van der Waals surface area contributed by atoms with Gasteiger partial charge in [-0.25, -0.2) is 0 Å². The first-order chi connectivity index (χ1) is 10.2. The predicted molar refractivity (Wildman–Crippen MR) is 90.8 cm³/mol. The van der Waals surface area contributed by atoms with Crippen LogP contribution in [0.1, 0.15) is 34.0 Å². The summed E-state index contributed by atoms with van der Waals surface area (Å²) in [4.78, 5) is 1.28. The van der Waals surface area contributed by atoms with Crippen LogP contribution in [0.5, 0.6) is 5.75 Å². The molecule has 5 heteroatoms. The minimum Gasteiger partial charge on any atom is -0.493 e. The molecular weight excluding hydrogens is 348 g/mol. The van der Waals surface area contributed by atoms with Gasteiger partial charge in [0, 0.05) is 11.3 Å². The first-order valence-electron chi connectivity index (χ1n) is 7.14. The molecular formula is C16H19BrN2OS. The zero-order chi connectivity index (χ0) is 14.8. The van der Waals surface area contributed by atoms with Crippen LogP contribution in [0.4, 0.5) is 0 Å². The third kappa shape index (κ3) is 3.31. The van der Waals surface area contributed by atoms with Crippen molar-refractivity contribution in [1.29, 1.82) is 0 Å². The van der Waals surface area contributed by atoms with E-state index in [0.29, 0.717) is 0 Å². The Morgan fingerprint density at radius 3 is 3.00 bits per heavy atom.